The van der Waals surface area contributed by atoms with Gasteiger partial charge < -0.3 is 14.2 Å². The smallest absolute Gasteiger partial charge is 0.363 e. The Morgan fingerprint density at radius 1 is 1.03 bits per heavy atom. The Kier molecular flexibility index (Phi) is 7.48. The molecule has 1 aliphatic heterocycles. The van der Waals surface area contributed by atoms with E-state index >= 15 is 0 Å². The van der Waals surface area contributed by atoms with Crippen molar-refractivity contribution in [1.82, 2.24) is 0 Å². The lowest BCUT2D eigenvalue weighted by Crippen LogP contribution is -2.06. The van der Waals surface area contributed by atoms with E-state index in [0.29, 0.717) is 44.3 Å². The normalized spacial score (nSPS) is 14.3. The number of ether oxygens (including phenoxy) is 3. The van der Waals surface area contributed by atoms with E-state index in [-0.39, 0.29) is 11.6 Å². The molecule has 0 bridgehead atoms. The van der Waals surface area contributed by atoms with Gasteiger partial charge >= 0.3 is 5.97 Å². The first-order valence-electron chi connectivity index (χ1n) is 9.57. The van der Waals surface area contributed by atoms with Gasteiger partial charge in [0.25, 0.3) is 0 Å². The monoisotopic (exact) mass is 613 g/mol. The summed E-state index contributed by atoms with van der Waals surface area (Å²) in [5.74, 6) is 0.293. The number of hydrogen-bond acceptors (Lipinski definition) is 5. The molecule has 5 nitrogen and oxygen atoms in total. The minimum Gasteiger partial charge on any atom is -0.493 e. The number of carbonyl (C=O) groups excluding carboxylic acids is 1. The topological polar surface area (TPSA) is 57.1 Å². The van der Waals surface area contributed by atoms with Crippen LogP contribution in [0.1, 0.15) is 16.7 Å². The SMILES string of the molecule is COc1cc(C=C2N=C(c3cc(Cl)ccc3Cl)OC2=O)cc(Cl)c1OCc1ccc(I)cc1. The number of methoxy groups -OCH3 is 1. The molecular formula is C24H15Cl3INO4. The molecule has 0 saturated heterocycles. The van der Waals surface area contributed by atoms with Crippen LogP contribution in [0, 0.1) is 3.57 Å². The molecule has 0 radical (unpaired) electrons. The number of cyclic esters (lactones) is 1. The van der Waals surface area contributed by atoms with Crippen LogP contribution in [0.15, 0.2) is 65.3 Å². The lowest BCUT2D eigenvalue weighted by atomic mass is 10.1. The average molecular weight is 615 g/mol. The maximum Gasteiger partial charge on any atom is 0.363 e. The third-order valence-electron chi connectivity index (χ3n) is 4.63. The lowest BCUT2D eigenvalue weighted by Gasteiger charge is -2.13. The van der Waals surface area contributed by atoms with E-state index < -0.39 is 5.97 Å². The van der Waals surface area contributed by atoms with Gasteiger partial charge in [0, 0.05) is 8.59 Å². The van der Waals surface area contributed by atoms with E-state index in [0.717, 1.165) is 9.13 Å². The molecule has 0 N–H and O–H groups in total. The first-order chi connectivity index (χ1) is 15.8. The summed E-state index contributed by atoms with van der Waals surface area (Å²) < 4.78 is 17.8. The van der Waals surface area contributed by atoms with Gasteiger partial charge in [0.2, 0.25) is 5.90 Å². The number of esters is 1. The van der Waals surface area contributed by atoms with Crippen molar-refractivity contribution in [3.63, 3.8) is 0 Å². The molecule has 0 fully saturated rings. The third-order valence-corrected chi connectivity index (χ3v) is 6.20. The standard InChI is InChI=1S/C24H15Cl3INO4/c1-31-21-10-14(8-19(27)22(21)32-12-13-2-5-16(28)6-3-13)9-20-24(30)33-23(29-20)17-11-15(25)4-7-18(17)26/h2-11H,12H2,1H3. The molecule has 4 rings (SSSR count). The first kappa shape index (κ1) is 23.9. The zero-order chi connectivity index (χ0) is 23.5. The van der Waals surface area contributed by atoms with Crippen LogP contribution in [0.25, 0.3) is 6.08 Å². The highest BCUT2D eigenvalue weighted by atomic mass is 127. The van der Waals surface area contributed by atoms with Crippen molar-refractivity contribution < 1.29 is 19.0 Å². The predicted molar refractivity (Wildman–Crippen MR) is 139 cm³/mol. The molecule has 33 heavy (non-hydrogen) atoms. The highest BCUT2D eigenvalue weighted by Gasteiger charge is 2.26. The molecule has 9 heteroatoms. The molecule has 0 spiro atoms. The van der Waals surface area contributed by atoms with Gasteiger partial charge in [-0.15, -0.1) is 0 Å². The van der Waals surface area contributed by atoms with E-state index in [1.807, 2.05) is 24.3 Å². The predicted octanol–water partition coefficient (Wildman–Crippen LogP) is 7.18. The van der Waals surface area contributed by atoms with Crippen molar-refractivity contribution in [2.24, 2.45) is 4.99 Å². The molecule has 1 aliphatic rings. The van der Waals surface area contributed by atoms with Gasteiger partial charge in [-0.1, -0.05) is 46.9 Å². The maximum atomic E-state index is 12.4. The van der Waals surface area contributed by atoms with Gasteiger partial charge in [0.15, 0.2) is 17.2 Å². The second-order valence-corrected chi connectivity index (χ2v) is 9.41. The number of halogens is 4. The molecule has 3 aromatic rings. The van der Waals surface area contributed by atoms with Crippen molar-refractivity contribution in [3.05, 3.63) is 95.6 Å². The molecule has 0 unspecified atom stereocenters. The summed E-state index contributed by atoms with van der Waals surface area (Å²) in [4.78, 5) is 16.7. The molecule has 0 aliphatic carbocycles. The summed E-state index contributed by atoms with van der Waals surface area (Å²) in [6.07, 6.45) is 1.55. The number of benzene rings is 3. The van der Waals surface area contributed by atoms with Crippen molar-refractivity contribution >= 4 is 75.3 Å². The second kappa shape index (κ2) is 10.3. The van der Waals surface area contributed by atoms with Crippen molar-refractivity contribution in [3.8, 4) is 11.5 Å². The van der Waals surface area contributed by atoms with Gasteiger partial charge in [0.05, 0.1) is 22.7 Å². The van der Waals surface area contributed by atoms with Gasteiger partial charge in [0.1, 0.15) is 6.61 Å². The Hall–Kier alpha value is -2.26. The molecule has 0 atom stereocenters. The highest BCUT2D eigenvalue weighted by molar-refractivity contribution is 14.1. The molecule has 168 valence electrons. The zero-order valence-corrected chi connectivity index (χ0v) is 21.5. The third kappa shape index (κ3) is 5.63. The van der Waals surface area contributed by atoms with Gasteiger partial charge in [-0.05, 0) is 82.3 Å². The van der Waals surface area contributed by atoms with Gasteiger partial charge in [-0.25, -0.2) is 9.79 Å². The fourth-order valence-corrected chi connectivity index (χ4v) is 4.05. The summed E-state index contributed by atoms with van der Waals surface area (Å²) in [5, 5.41) is 1.15. The largest absolute Gasteiger partial charge is 0.493 e. The fraction of sp³-hybridized carbons (Fsp3) is 0.0833. The van der Waals surface area contributed by atoms with Crippen LogP contribution < -0.4 is 9.47 Å². The molecule has 0 saturated carbocycles. The van der Waals surface area contributed by atoms with Crippen LogP contribution in [-0.4, -0.2) is 19.0 Å². The van der Waals surface area contributed by atoms with Crippen molar-refractivity contribution in [1.29, 1.82) is 0 Å². The number of carbonyl (C=O) groups is 1. The first-order valence-corrected chi connectivity index (χ1v) is 11.8. The van der Waals surface area contributed by atoms with Crippen LogP contribution in [0.5, 0.6) is 11.5 Å². The fourth-order valence-electron chi connectivity index (χ4n) is 3.04. The lowest BCUT2D eigenvalue weighted by molar-refractivity contribution is -0.129. The van der Waals surface area contributed by atoms with Gasteiger partial charge in [-0.3, -0.25) is 0 Å². The van der Waals surface area contributed by atoms with Crippen LogP contribution in [0.3, 0.4) is 0 Å². The summed E-state index contributed by atoms with van der Waals surface area (Å²) in [6.45, 7) is 0.327. The number of aliphatic imine (C=N–C) groups is 1. The van der Waals surface area contributed by atoms with Crippen LogP contribution in [0.2, 0.25) is 15.1 Å². The van der Waals surface area contributed by atoms with E-state index in [1.54, 1.807) is 36.4 Å². The maximum absolute atomic E-state index is 12.4. The molecular weight excluding hydrogens is 600 g/mol. The Bertz CT molecular complexity index is 1290. The van der Waals surface area contributed by atoms with E-state index in [2.05, 4.69) is 27.6 Å². The Morgan fingerprint density at radius 3 is 2.52 bits per heavy atom. The minimum atomic E-state index is -0.616. The second-order valence-electron chi connectivity index (χ2n) is 6.91. The quantitative estimate of drug-likeness (QED) is 0.168. The number of hydrogen-bond donors (Lipinski definition) is 0. The number of nitrogens with zero attached hydrogens (tertiary/aromatic N) is 1. The zero-order valence-electron chi connectivity index (χ0n) is 17.1. The Labute approximate surface area is 219 Å². The molecule has 3 aromatic carbocycles. The Balaban J connectivity index is 1.60. The highest BCUT2D eigenvalue weighted by Crippen LogP contribution is 2.38. The minimum absolute atomic E-state index is 0.0780. The number of rotatable bonds is 6. The van der Waals surface area contributed by atoms with Gasteiger partial charge in [-0.2, -0.15) is 0 Å². The molecule has 1 heterocycles. The van der Waals surface area contributed by atoms with E-state index in [4.69, 9.17) is 49.0 Å². The van der Waals surface area contributed by atoms with Crippen LogP contribution >= 0.6 is 57.4 Å². The Morgan fingerprint density at radius 2 is 1.79 bits per heavy atom. The average Bonchev–Trinajstić information content (AvgIpc) is 3.15. The summed E-state index contributed by atoms with van der Waals surface area (Å²) in [7, 11) is 1.52. The van der Waals surface area contributed by atoms with Crippen LogP contribution in [-0.2, 0) is 16.1 Å². The van der Waals surface area contributed by atoms with Crippen molar-refractivity contribution in [2.75, 3.05) is 7.11 Å². The van der Waals surface area contributed by atoms with Crippen molar-refractivity contribution in [2.45, 2.75) is 6.61 Å². The molecule has 0 amide bonds. The molecule has 0 aromatic heterocycles. The summed E-state index contributed by atoms with van der Waals surface area (Å²) >= 11 is 20.9. The summed E-state index contributed by atoms with van der Waals surface area (Å²) in [6, 6.07) is 16.2. The van der Waals surface area contributed by atoms with Crippen LogP contribution in [0.4, 0.5) is 0 Å². The van der Waals surface area contributed by atoms with E-state index in [1.165, 1.54) is 7.11 Å². The summed E-state index contributed by atoms with van der Waals surface area (Å²) in [5.41, 5.74) is 2.10. The van der Waals surface area contributed by atoms with E-state index in [9.17, 15) is 4.79 Å².